The smallest absolute Gasteiger partial charge is 0.117 e. The highest BCUT2D eigenvalue weighted by atomic mass is 35.5. The number of quaternary nitrogens is 1. The Bertz CT molecular complexity index is 64.4. The summed E-state index contributed by atoms with van der Waals surface area (Å²) in [5.74, 6) is 0. The van der Waals surface area contributed by atoms with E-state index in [1.807, 2.05) is 0 Å². The molecule has 0 rings (SSSR count). The van der Waals surface area contributed by atoms with E-state index < -0.39 is 0 Å². The molecule has 0 unspecified atom stereocenters. The third-order valence-electron chi connectivity index (χ3n) is 0.839. The van der Waals surface area contributed by atoms with Crippen LogP contribution in [0.3, 0.4) is 0 Å². The maximum absolute atomic E-state index is 5.00. The van der Waals surface area contributed by atoms with Crippen molar-refractivity contribution in [3.05, 3.63) is 0 Å². The van der Waals surface area contributed by atoms with Gasteiger partial charge < -0.3 is 4.48 Å². The van der Waals surface area contributed by atoms with Crippen molar-refractivity contribution in [1.29, 1.82) is 0 Å². The van der Waals surface area contributed by atoms with Crippen molar-refractivity contribution in [2.75, 3.05) is 34.3 Å². The van der Waals surface area contributed by atoms with E-state index in [4.69, 9.17) is 11.9 Å². The molecule has 0 amide bonds. The molecule has 0 radical (unpaired) electrons. The Balaban J connectivity index is -0.000000245. The molecular weight excluding hydrogens is 196 g/mol. The van der Waals surface area contributed by atoms with Crippen molar-refractivity contribution in [3.8, 4) is 0 Å². The summed E-state index contributed by atoms with van der Waals surface area (Å²) in [7, 11) is 6.28. The maximum Gasteiger partial charge on any atom is 0.117 e. The monoisotopic (exact) mass is 210 g/mol. The zero-order chi connectivity index (χ0) is 6.62. The van der Waals surface area contributed by atoms with Gasteiger partial charge in [0.2, 0.25) is 0 Å². The summed E-state index contributed by atoms with van der Waals surface area (Å²) in [5.41, 5.74) is 0. The lowest BCUT2D eigenvalue weighted by Gasteiger charge is -2.22. The van der Waals surface area contributed by atoms with Crippen LogP contribution in [-0.4, -0.2) is 38.8 Å². The van der Waals surface area contributed by atoms with Gasteiger partial charge in [-0.1, -0.05) is 0 Å². The molecule has 0 N–H and O–H groups in total. The van der Waals surface area contributed by atoms with Crippen LogP contribution in [-0.2, 0) is 4.29 Å². The predicted molar refractivity (Wildman–Crippen MR) is 49.2 cm³/mol. The van der Waals surface area contributed by atoms with Crippen LogP contribution < -0.4 is 0 Å². The zero-order valence-electron chi connectivity index (χ0n) is 6.46. The third-order valence-corrected chi connectivity index (χ3v) is 0.994. The minimum absolute atomic E-state index is 0. The van der Waals surface area contributed by atoms with Crippen molar-refractivity contribution in [2.45, 2.75) is 0 Å². The number of nitrogens with zero attached hydrogens (tertiary/aromatic N) is 1. The molecule has 5 heteroatoms. The summed E-state index contributed by atoms with van der Waals surface area (Å²) in [6.45, 7) is 1.56. The molecule has 0 aliphatic heterocycles. The first-order valence-electron chi connectivity index (χ1n) is 2.60. The molecule has 0 saturated carbocycles. The van der Waals surface area contributed by atoms with Gasteiger partial charge in [0, 0.05) is 0 Å². The molecule has 0 spiro atoms. The second-order valence-electron chi connectivity index (χ2n) is 2.83. The summed E-state index contributed by atoms with van der Waals surface area (Å²) < 4.78 is 5.27. The molecular formula is C5H15Cl3NO+. The number of hydrogen-bond donors (Lipinski definition) is 0. The fourth-order valence-electron chi connectivity index (χ4n) is 0.308. The largest absolute Gasteiger partial charge is 0.329 e. The average Bonchev–Trinajstić information content (AvgIpc) is 1.59. The summed E-state index contributed by atoms with van der Waals surface area (Å²) in [4.78, 5) is 0. The lowest BCUT2D eigenvalue weighted by atomic mass is 10.5. The lowest BCUT2D eigenvalue weighted by Crippen LogP contribution is -2.37. The van der Waals surface area contributed by atoms with Gasteiger partial charge >= 0.3 is 0 Å². The molecule has 0 bridgehead atoms. The Morgan fingerprint density at radius 1 is 1.20 bits per heavy atom. The quantitative estimate of drug-likeness (QED) is 0.646. The van der Waals surface area contributed by atoms with Crippen LogP contribution >= 0.6 is 36.7 Å². The molecule has 0 aliphatic rings. The van der Waals surface area contributed by atoms with Crippen LogP contribution in [0.1, 0.15) is 0 Å². The second-order valence-corrected chi connectivity index (χ2v) is 3.05. The Morgan fingerprint density at radius 2 is 1.60 bits per heavy atom. The van der Waals surface area contributed by atoms with Gasteiger partial charge in [0.15, 0.2) is 0 Å². The standard InChI is InChI=1S/C5H13ClNO.2ClH/c1-7(2,3)4-5-8-6;;/h4-5H2,1-3H3;2*1H/q+1;;. The van der Waals surface area contributed by atoms with Gasteiger partial charge in [-0.25, -0.2) is 0 Å². The highest BCUT2D eigenvalue weighted by Crippen LogP contribution is 1.89. The van der Waals surface area contributed by atoms with Crippen molar-refractivity contribution >= 4 is 36.7 Å². The highest BCUT2D eigenvalue weighted by molar-refractivity contribution is 6.07. The summed E-state index contributed by atoms with van der Waals surface area (Å²) in [5, 5.41) is 0. The van der Waals surface area contributed by atoms with Crippen molar-refractivity contribution in [3.63, 3.8) is 0 Å². The molecule has 2 nitrogen and oxygen atoms in total. The minimum atomic E-state index is 0. The van der Waals surface area contributed by atoms with Crippen LogP contribution in [0.15, 0.2) is 0 Å². The molecule has 0 atom stereocenters. The Kier molecular flexibility index (Phi) is 13.4. The SMILES string of the molecule is C[N+](C)(C)CCOCl.Cl.Cl. The summed E-state index contributed by atoms with van der Waals surface area (Å²) in [6, 6.07) is 0. The van der Waals surface area contributed by atoms with Gasteiger partial charge in [0.05, 0.1) is 33.0 Å². The van der Waals surface area contributed by atoms with Crippen LogP contribution in [0.25, 0.3) is 0 Å². The first-order valence-corrected chi connectivity index (χ1v) is 2.91. The Morgan fingerprint density at radius 3 is 1.70 bits per heavy atom. The normalized spacial score (nSPS) is 9.60. The van der Waals surface area contributed by atoms with E-state index in [0.29, 0.717) is 6.61 Å². The maximum atomic E-state index is 5.00. The van der Waals surface area contributed by atoms with Gasteiger partial charge in [-0.15, -0.1) is 24.8 Å². The van der Waals surface area contributed by atoms with Crippen molar-refractivity contribution in [1.82, 2.24) is 0 Å². The van der Waals surface area contributed by atoms with E-state index in [2.05, 4.69) is 25.4 Å². The molecule has 0 saturated heterocycles. The molecule has 66 valence electrons. The highest BCUT2D eigenvalue weighted by Gasteiger charge is 2.04. The van der Waals surface area contributed by atoms with E-state index in [0.717, 1.165) is 11.0 Å². The van der Waals surface area contributed by atoms with Crippen LogP contribution in [0.5, 0.6) is 0 Å². The topological polar surface area (TPSA) is 9.23 Å². The summed E-state index contributed by atoms with van der Waals surface area (Å²) in [6.07, 6.45) is 0. The lowest BCUT2D eigenvalue weighted by molar-refractivity contribution is -0.870. The third kappa shape index (κ3) is 15.9. The van der Waals surface area contributed by atoms with Crippen LogP contribution in [0, 0.1) is 0 Å². The van der Waals surface area contributed by atoms with Crippen LogP contribution in [0.2, 0.25) is 0 Å². The summed E-state index contributed by atoms with van der Waals surface area (Å²) >= 11 is 5.00. The number of rotatable bonds is 3. The first-order chi connectivity index (χ1) is 3.56. The van der Waals surface area contributed by atoms with E-state index in [9.17, 15) is 0 Å². The minimum Gasteiger partial charge on any atom is -0.329 e. The molecule has 0 fully saturated rings. The fourth-order valence-corrected chi connectivity index (χ4v) is 0.377. The molecule has 0 heterocycles. The molecule has 0 aromatic heterocycles. The number of hydrogen-bond acceptors (Lipinski definition) is 1. The van der Waals surface area contributed by atoms with Gasteiger partial charge in [-0.3, -0.25) is 4.29 Å². The first kappa shape index (κ1) is 17.0. The van der Waals surface area contributed by atoms with Gasteiger partial charge in [-0.05, 0) is 0 Å². The predicted octanol–water partition coefficient (Wildman–Crippen LogP) is 1.71. The van der Waals surface area contributed by atoms with E-state index in [1.54, 1.807) is 0 Å². The van der Waals surface area contributed by atoms with Gasteiger partial charge in [0.25, 0.3) is 0 Å². The Labute approximate surface area is 80.1 Å². The van der Waals surface area contributed by atoms with Gasteiger partial charge in [-0.2, -0.15) is 0 Å². The van der Waals surface area contributed by atoms with Crippen molar-refractivity contribution < 1.29 is 8.77 Å². The van der Waals surface area contributed by atoms with Crippen molar-refractivity contribution in [2.24, 2.45) is 0 Å². The fraction of sp³-hybridized carbons (Fsp3) is 1.00. The number of halogens is 3. The molecule has 0 aromatic carbocycles. The van der Waals surface area contributed by atoms with E-state index in [1.165, 1.54) is 0 Å². The molecule has 10 heavy (non-hydrogen) atoms. The number of likely N-dealkylation sites (N-methyl/N-ethyl adjacent to an activating group) is 1. The Hall–Kier alpha value is 0.790. The van der Waals surface area contributed by atoms with Gasteiger partial charge in [0.1, 0.15) is 13.2 Å². The zero-order valence-corrected chi connectivity index (χ0v) is 8.85. The molecule has 0 aliphatic carbocycles. The van der Waals surface area contributed by atoms with E-state index in [-0.39, 0.29) is 24.8 Å². The van der Waals surface area contributed by atoms with Crippen LogP contribution in [0.4, 0.5) is 0 Å². The average molecular weight is 212 g/mol. The molecule has 0 aromatic rings. The van der Waals surface area contributed by atoms with E-state index >= 15 is 0 Å². The second kappa shape index (κ2) is 7.89.